The molecule has 1 saturated heterocycles. The molecule has 18 heavy (non-hydrogen) atoms. The number of hydrogen-bond donors (Lipinski definition) is 2. The summed E-state index contributed by atoms with van der Waals surface area (Å²) in [5, 5.41) is 3.34. The molecule has 1 aromatic carbocycles. The highest BCUT2D eigenvalue weighted by atomic mass is 19.1. The molecule has 0 saturated carbocycles. The summed E-state index contributed by atoms with van der Waals surface area (Å²) in [5.41, 5.74) is 6.90. The molecular weight excluding hydrogens is 229 g/mol. The van der Waals surface area contributed by atoms with E-state index in [2.05, 4.69) is 17.1 Å². The van der Waals surface area contributed by atoms with Crippen molar-refractivity contribution in [1.29, 1.82) is 0 Å². The van der Waals surface area contributed by atoms with Gasteiger partial charge in [0.1, 0.15) is 5.82 Å². The van der Waals surface area contributed by atoms with Gasteiger partial charge in [0, 0.05) is 38.3 Å². The van der Waals surface area contributed by atoms with Crippen LogP contribution in [0.2, 0.25) is 0 Å². The molecule has 1 aromatic rings. The van der Waals surface area contributed by atoms with Crippen molar-refractivity contribution in [3.63, 3.8) is 0 Å². The molecule has 3 nitrogen and oxygen atoms in total. The number of nitrogens with zero attached hydrogens (tertiary/aromatic N) is 1. The highest BCUT2D eigenvalue weighted by Gasteiger charge is 2.31. The second kappa shape index (κ2) is 5.78. The van der Waals surface area contributed by atoms with Crippen LogP contribution in [0.5, 0.6) is 0 Å². The summed E-state index contributed by atoms with van der Waals surface area (Å²) < 4.78 is 13.2. The Morgan fingerprint density at radius 2 is 2.11 bits per heavy atom. The Kier molecular flexibility index (Phi) is 4.32. The fourth-order valence-corrected chi connectivity index (χ4v) is 2.60. The van der Waals surface area contributed by atoms with Crippen molar-refractivity contribution in [3.8, 4) is 0 Å². The standard InChI is InChI=1S/C14H22FN3/c1-14(11-16,18-7-5-17-6-8-18)10-12-3-2-4-13(15)9-12/h2-4,9,17H,5-8,10-11,16H2,1H3. The fourth-order valence-electron chi connectivity index (χ4n) is 2.60. The molecule has 0 bridgehead atoms. The summed E-state index contributed by atoms with van der Waals surface area (Å²) in [6.07, 6.45) is 0.793. The molecule has 1 aliphatic heterocycles. The Morgan fingerprint density at radius 1 is 1.39 bits per heavy atom. The van der Waals surface area contributed by atoms with Gasteiger partial charge in [-0.05, 0) is 31.0 Å². The number of hydrogen-bond acceptors (Lipinski definition) is 3. The van der Waals surface area contributed by atoms with Gasteiger partial charge in [-0.1, -0.05) is 12.1 Å². The van der Waals surface area contributed by atoms with Crippen molar-refractivity contribution in [2.24, 2.45) is 5.73 Å². The summed E-state index contributed by atoms with van der Waals surface area (Å²) in [6, 6.07) is 6.82. The van der Waals surface area contributed by atoms with Crippen LogP contribution >= 0.6 is 0 Å². The first-order valence-electron chi connectivity index (χ1n) is 6.54. The van der Waals surface area contributed by atoms with Gasteiger partial charge in [0.2, 0.25) is 0 Å². The van der Waals surface area contributed by atoms with Crippen LogP contribution in [0.15, 0.2) is 24.3 Å². The zero-order chi connectivity index (χ0) is 13.0. The smallest absolute Gasteiger partial charge is 0.123 e. The molecule has 0 spiro atoms. The first-order chi connectivity index (χ1) is 8.64. The molecule has 0 aromatic heterocycles. The van der Waals surface area contributed by atoms with Crippen molar-refractivity contribution in [2.75, 3.05) is 32.7 Å². The van der Waals surface area contributed by atoms with Gasteiger partial charge in [0.25, 0.3) is 0 Å². The van der Waals surface area contributed by atoms with Crippen LogP contribution in [-0.2, 0) is 6.42 Å². The van der Waals surface area contributed by atoms with Crippen LogP contribution in [0, 0.1) is 5.82 Å². The van der Waals surface area contributed by atoms with Gasteiger partial charge >= 0.3 is 0 Å². The van der Waals surface area contributed by atoms with E-state index in [0.29, 0.717) is 6.54 Å². The molecule has 1 aliphatic rings. The van der Waals surface area contributed by atoms with Crippen LogP contribution in [-0.4, -0.2) is 43.2 Å². The monoisotopic (exact) mass is 251 g/mol. The minimum atomic E-state index is -0.174. The Labute approximate surface area is 108 Å². The lowest BCUT2D eigenvalue weighted by molar-refractivity contribution is 0.0945. The SMILES string of the molecule is CC(CN)(Cc1cccc(F)c1)N1CCNCC1. The van der Waals surface area contributed by atoms with Gasteiger partial charge in [-0.3, -0.25) is 4.90 Å². The van der Waals surface area contributed by atoms with Crippen molar-refractivity contribution < 1.29 is 4.39 Å². The van der Waals surface area contributed by atoms with Crippen LogP contribution in [0.4, 0.5) is 4.39 Å². The fraction of sp³-hybridized carbons (Fsp3) is 0.571. The largest absolute Gasteiger partial charge is 0.329 e. The molecule has 4 heteroatoms. The minimum absolute atomic E-state index is 0.0874. The first kappa shape index (κ1) is 13.5. The molecule has 100 valence electrons. The third kappa shape index (κ3) is 3.07. The molecule has 1 atom stereocenters. The minimum Gasteiger partial charge on any atom is -0.329 e. The van der Waals surface area contributed by atoms with E-state index in [1.807, 2.05) is 6.07 Å². The van der Waals surface area contributed by atoms with Gasteiger partial charge in [-0.15, -0.1) is 0 Å². The third-order valence-corrected chi connectivity index (χ3v) is 3.79. The lowest BCUT2D eigenvalue weighted by atomic mass is 9.90. The van der Waals surface area contributed by atoms with Gasteiger partial charge in [0.05, 0.1) is 0 Å². The van der Waals surface area contributed by atoms with E-state index >= 15 is 0 Å². The molecule has 1 heterocycles. The van der Waals surface area contributed by atoms with Crippen LogP contribution in [0.25, 0.3) is 0 Å². The topological polar surface area (TPSA) is 41.3 Å². The highest BCUT2D eigenvalue weighted by Crippen LogP contribution is 2.21. The van der Waals surface area contributed by atoms with Crippen LogP contribution < -0.4 is 11.1 Å². The van der Waals surface area contributed by atoms with E-state index in [4.69, 9.17) is 5.73 Å². The van der Waals surface area contributed by atoms with Crippen molar-refractivity contribution in [1.82, 2.24) is 10.2 Å². The molecule has 2 rings (SSSR count). The zero-order valence-electron chi connectivity index (χ0n) is 11.0. The molecule has 1 unspecified atom stereocenters. The van der Waals surface area contributed by atoms with E-state index in [1.54, 1.807) is 12.1 Å². The average Bonchev–Trinajstić information content (AvgIpc) is 2.39. The lowest BCUT2D eigenvalue weighted by Crippen LogP contribution is -2.59. The molecule has 0 amide bonds. The van der Waals surface area contributed by atoms with E-state index in [1.165, 1.54) is 6.07 Å². The predicted octanol–water partition coefficient (Wildman–Crippen LogP) is 0.991. The summed E-state index contributed by atoms with van der Waals surface area (Å²) >= 11 is 0. The normalized spacial score (nSPS) is 20.6. The summed E-state index contributed by atoms with van der Waals surface area (Å²) in [6.45, 7) is 6.76. The highest BCUT2D eigenvalue weighted by molar-refractivity contribution is 5.19. The Hall–Kier alpha value is -0.970. The molecule has 0 aliphatic carbocycles. The van der Waals surface area contributed by atoms with Gasteiger partial charge in [0.15, 0.2) is 0 Å². The Balaban J connectivity index is 2.11. The Bertz CT molecular complexity index is 390. The maximum atomic E-state index is 13.2. The van der Waals surface area contributed by atoms with E-state index in [-0.39, 0.29) is 11.4 Å². The molecular formula is C14H22FN3. The summed E-state index contributed by atoms with van der Waals surface area (Å²) in [7, 11) is 0. The number of nitrogens with two attached hydrogens (primary N) is 1. The van der Waals surface area contributed by atoms with Gasteiger partial charge in [-0.2, -0.15) is 0 Å². The van der Waals surface area contributed by atoms with E-state index in [0.717, 1.165) is 38.2 Å². The predicted molar refractivity (Wildman–Crippen MR) is 72.0 cm³/mol. The summed E-state index contributed by atoms with van der Waals surface area (Å²) in [5.74, 6) is -0.174. The maximum absolute atomic E-state index is 13.2. The number of benzene rings is 1. The zero-order valence-corrected chi connectivity index (χ0v) is 11.0. The van der Waals surface area contributed by atoms with E-state index < -0.39 is 0 Å². The third-order valence-electron chi connectivity index (χ3n) is 3.79. The summed E-state index contributed by atoms with van der Waals surface area (Å²) in [4.78, 5) is 2.41. The second-order valence-electron chi connectivity index (χ2n) is 5.24. The quantitative estimate of drug-likeness (QED) is 0.838. The number of nitrogens with one attached hydrogen (secondary N) is 1. The molecule has 1 fully saturated rings. The maximum Gasteiger partial charge on any atom is 0.123 e. The molecule has 3 N–H and O–H groups in total. The van der Waals surface area contributed by atoms with Crippen molar-refractivity contribution in [2.45, 2.75) is 18.9 Å². The van der Waals surface area contributed by atoms with Crippen LogP contribution in [0.3, 0.4) is 0 Å². The number of piperazine rings is 1. The van der Waals surface area contributed by atoms with E-state index in [9.17, 15) is 4.39 Å². The second-order valence-corrected chi connectivity index (χ2v) is 5.24. The van der Waals surface area contributed by atoms with Gasteiger partial charge < -0.3 is 11.1 Å². The van der Waals surface area contributed by atoms with Crippen molar-refractivity contribution in [3.05, 3.63) is 35.6 Å². The lowest BCUT2D eigenvalue weighted by Gasteiger charge is -2.43. The van der Waals surface area contributed by atoms with Crippen LogP contribution in [0.1, 0.15) is 12.5 Å². The molecule has 0 radical (unpaired) electrons. The number of rotatable bonds is 4. The van der Waals surface area contributed by atoms with Crippen molar-refractivity contribution >= 4 is 0 Å². The number of halogens is 1. The first-order valence-corrected chi connectivity index (χ1v) is 6.54. The average molecular weight is 251 g/mol. The Morgan fingerprint density at radius 3 is 2.72 bits per heavy atom. The van der Waals surface area contributed by atoms with Gasteiger partial charge in [-0.25, -0.2) is 4.39 Å².